The van der Waals surface area contributed by atoms with E-state index in [0.717, 1.165) is 4.90 Å². The quantitative estimate of drug-likeness (QED) is 0.757. The maximum Gasteiger partial charge on any atom is 0.405 e. The molecule has 1 unspecified atom stereocenters. The van der Waals surface area contributed by atoms with E-state index in [4.69, 9.17) is 0 Å². The van der Waals surface area contributed by atoms with Gasteiger partial charge in [-0.3, -0.25) is 0 Å². The SMILES string of the molecule is CCCN(CC(F)(F)F)c1c(F)cccc1C(C)NCC. The highest BCUT2D eigenvalue weighted by Gasteiger charge is 2.32. The lowest BCUT2D eigenvalue weighted by Gasteiger charge is -2.30. The van der Waals surface area contributed by atoms with Gasteiger partial charge in [0.2, 0.25) is 0 Å². The van der Waals surface area contributed by atoms with Crippen LogP contribution in [0.25, 0.3) is 0 Å². The third-order valence-electron chi connectivity index (χ3n) is 3.17. The third kappa shape index (κ3) is 5.19. The van der Waals surface area contributed by atoms with Crippen molar-refractivity contribution in [3.63, 3.8) is 0 Å². The lowest BCUT2D eigenvalue weighted by molar-refractivity contribution is -0.119. The molecule has 0 fully saturated rings. The molecule has 0 aromatic heterocycles. The predicted molar refractivity (Wildman–Crippen MR) is 77.1 cm³/mol. The van der Waals surface area contributed by atoms with E-state index in [0.29, 0.717) is 18.5 Å². The van der Waals surface area contributed by atoms with Gasteiger partial charge in [0.05, 0.1) is 5.69 Å². The standard InChI is InChI=1S/C15H22F4N2/c1-4-9-21(10-15(17,18)19)14-12(11(3)20-5-2)7-6-8-13(14)16/h6-8,11,20H,4-5,9-10H2,1-3H3. The molecule has 0 aliphatic rings. The molecule has 0 amide bonds. The summed E-state index contributed by atoms with van der Waals surface area (Å²) in [6.07, 6.45) is -3.85. The molecule has 120 valence electrons. The zero-order valence-corrected chi connectivity index (χ0v) is 12.6. The third-order valence-corrected chi connectivity index (χ3v) is 3.17. The molecular weight excluding hydrogens is 284 g/mol. The van der Waals surface area contributed by atoms with Gasteiger partial charge in [0.25, 0.3) is 0 Å². The molecule has 1 rings (SSSR count). The van der Waals surface area contributed by atoms with Crippen LogP contribution in [0.2, 0.25) is 0 Å². The summed E-state index contributed by atoms with van der Waals surface area (Å²) in [7, 11) is 0. The summed E-state index contributed by atoms with van der Waals surface area (Å²) in [5, 5.41) is 3.11. The Bertz CT molecular complexity index is 446. The molecule has 1 aromatic rings. The van der Waals surface area contributed by atoms with Crippen molar-refractivity contribution >= 4 is 5.69 Å². The Balaban J connectivity index is 3.22. The van der Waals surface area contributed by atoms with Crippen molar-refractivity contribution in [3.8, 4) is 0 Å². The average molecular weight is 306 g/mol. The van der Waals surface area contributed by atoms with Crippen molar-refractivity contribution in [2.75, 3.05) is 24.5 Å². The lowest BCUT2D eigenvalue weighted by Crippen LogP contribution is -2.36. The lowest BCUT2D eigenvalue weighted by atomic mass is 10.0. The maximum absolute atomic E-state index is 14.2. The van der Waals surface area contributed by atoms with E-state index in [9.17, 15) is 17.6 Å². The van der Waals surface area contributed by atoms with Crippen LogP contribution in [0, 0.1) is 5.82 Å². The fourth-order valence-electron chi connectivity index (χ4n) is 2.39. The summed E-state index contributed by atoms with van der Waals surface area (Å²) in [6, 6.07) is 4.19. The number of anilines is 1. The highest BCUT2D eigenvalue weighted by Crippen LogP contribution is 2.31. The average Bonchev–Trinajstić information content (AvgIpc) is 2.36. The fraction of sp³-hybridized carbons (Fsp3) is 0.600. The van der Waals surface area contributed by atoms with Crippen molar-refractivity contribution in [2.24, 2.45) is 0 Å². The number of nitrogens with one attached hydrogen (secondary N) is 1. The number of rotatable bonds is 7. The van der Waals surface area contributed by atoms with Gasteiger partial charge >= 0.3 is 6.18 Å². The number of benzene rings is 1. The van der Waals surface area contributed by atoms with Gasteiger partial charge in [-0.1, -0.05) is 26.0 Å². The van der Waals surface area contributed by atoms with Gasteiger partial charge in [0, 0.05) is 12.6 Å². The minimum Gasteiger partial charge on any atom is -0.360 e. The van der Waals surface area contributed by atoms with Gasteiger partial charge in [-0.05, 0) is 31.5 Å². The van der Waals surface area contributed by atoms with E-state index in [1.54, 1.807) is 13.0 Å². The first kappa shape index (κ1) is 17.8. The van der Waals surface area contributed by atoms with Crippen LogP contribution in [0.1, 0.15) is 38.8 Å². The molecular formula is C15H22F4N2. The molecule has 0 bridgehead atoms. The van der Waals surface area contributed by atoms with Crippen molar-refractivity contribution < 1.29 is 17.6 Å². The second kappa shape index (κ2) is 7.64. The van der Waals surface area contributed by atoms with E-state index >= 15 is 0 Å². The molecule has 0 spiro atoms. The largest absolute Gasteiger partial charge is 0.405 e. The summed E-state index contributed by atoms with van der Waals surface area (Å²) >= 11 is 0. The smallest absolute Gasteiger partial charge is 0.360 e. The number of halogens is 4. The fourth-order valence-corrected chi connectivity index (χ4v) is 2.39. The molecule has 0 radical (unpaired) electrons. The number of hydrogen-bond donors (Lipinski definition) is 1. The normalized spacial score (nSPS) is 13.3. The minimum absolute atomic E-state index is 0.0464. The number of alkyl halides is 3. The highest BCUT2D eigenvalue weighted by atomic mass is 19.4. The van der Waals surface area contributed by atoms with Gasteiger partial charge in [-0.25, -0.2) is 4.39 Å². The maximum atomic E-state index is 14.2. The van der Waals surface area contributed by atoms with E-state index in [1.165, 1.54) is 12.1 Å². The van der Waals surface area contributed by atoms with Crippen LogP contribution >= 0.6 is 0 Å². The van der Waals surface area contributed by atoms with Crippen LogP contribution < -0.4 is 10.2 Å². The first-order chi connectivity index (χ1) is 9.80. The molecule has 1 aromatic carbocycles. The second-order valence-electron chi connectivity index (χ2n) is 4.99. The summed E-state index contributed by atoms with van der Waals surface area (Å²) in [6.45, 7) is 5.16. The summed E-state index contributed by atoms with van der Waals surface area (Å²) in [5.74, 6) is -0.616. The Morgan fingerprint density at radius 3 is 2.43 bits per heavy atom. The van der Waals surface area contributed by atoms with Crippen molar-refractivity contribution in [2.45, 2.75) is 39.4 Å². The first-order valence-electron chi connectivity index (χ1n) is 7.13. The van der Waals surface area contributed by atoms with Crippen LogP contribution in [0.5, 0.6) is 0 Å². The van der Waals surface area contributed by atoms with Crippen LogP contribution in [-0.4, -0.2) is 25.8 Å². The van der Waals surface area contributed by atoms with E-state index in [-0.39, 0.29) is 18.3 Å². The van der Waals surface area contributed by atoms with Crippen molar-refractivity contribution in [3.05, 3.63) is 29.6 Å². The Morgan fingerprint density at radius 1 is 1.24 bits per heavy atom. The molecule has 0 aliphatic heterocycles. The number of para-hydroxylation sites is 1. The van der Waals surface area contributed by atoms with Crippen molar-refractivity contribution in [1.29, 1.82) is 0 Å². The van der Waals surface area contributed by atoms with E-state index in [2.05, 4.69) is 5.32 Å². The molecule has 1 atom stereocenters. The van der Waals surface area contributed by atoms with E-state index in [1.807, 2.05) is 13.8 Å². The monoisotopic (exact) mass is 306 g/mol. The zero-order valence-electron chi connectivity index (χ0n) is 12.6. The van der Waals surface area contributed by atoms with Gasteiger partial charge in [-0.2, -0.15) is 13.2 Å². The Labute approximate surface area is 123 Å². The Hall–Kier alpha value is -1.30. The van der Waals surface area contributed by atoms with Gasteiger partial charge < -0.3 is 10.2 Å². The van der Waals surface area contributed by atoms with Gasteiger partial charge in [0.15, 0.2) is 0 Å². The molecule has 6 heteroatoms. The van der Waals surface area contributed by atoms with Crippen LogP contribution in [0.3, 0.4) is 0 Å². The summed E-state index contributed by atoms with van der Waals surface area (Å²) in [4.78, 5) is 1.08. The van der Waals surface area contributed by atoms with Crippen LogP contribution in [-0.2, 0) is 0 Å². The first-order valence-corrected chi connectivity index (χ1v) is 7.13. The predicted octanol–water partition coefficient (Wildman–Crippen LogP) is 4.27. The molecule has 0 heterocycles. The molecule has 2 nitrogen and oxygen atoms in total. The number of nitrogens with zero attached hydrogens (tertiary/aromatic N) is 1. The molecule has 21 heavy (non-hydrogen) atoms. The number of hydrogen-bond acceptors (Lipinski definition) is 2. The highest BCUT2D eigenvalue weighted by molar-refractivity contribution is 5.56. The molecule has 0 aliphatic carbocycles. The minimum atomic E-state index is -4.36. The topological polar surface area (TPSA) is 15.3 Å². The molecule has 1 N–H and O–H groups in total. The van der Waals surface area contributed by atoms with Crippen LogP contribution in [0.15, 0.2) is 18.2 Å². The van der Waals surface area contributed by atoms with E-state index < -0.39 is 18.5 Å². The van der Waals surface area contributed by atoms with Gasteiger partial charge in [-0.15, -0.1) is 0 Å². The summed E-state index contributed by atoms with van der Waals surface area (Å²) < 4.78 is 52.4. The molecule has 0 saturated carbocycles. The molecule has 0 saturated heterocycles. The zero-order chi connectivity index (χ0) is 16.0. The van der Waals surface area contributed by atoms with Crippen molar-refractivity contribution in [1.82, 2.24) is 5.32 Å². The Morgan fingerprint density at radius 2 is 1.90 bits per heavy atom. The Kier molecular flexibility index (Phi) is 6.45. The van der Waals surface area contributed by atoms with Crippen LogP contribution in [0.4, 0.5) is 23.2 Å². The van der Waals surface area contributed by atoms with Gasteiger partial charge in [0.1, 0.15) is 12.4 Å². The second-order valence-corrected chi connectivity index (χ2v) is 4.99. The summed E-state index contributed by atoms with van der Waals surface area (Å²) in [5.41, 5.74) is 0.597.